The van der Waals surface area contributed by atoms with Gasteiger partial charge in [0.15, 0.2) is 5.60 Å². The number of ether oxygens (including phenoxy) is 1. The van der Waals surface area contributed by atoms with Crippen LogP contribution in [0.3, 0.4) is 0 Å². The van der Waals surface area contributed by atoms with Gasteiger partial charge in [0.1, 0.15) is 0 Å². The number of benzene rings is 3. The molecule has 1 fully saturated rings. The summed E-state index contributed by atoms with van der Waals surface area (Å²) in [5, 5.41) is 9.04. The molecule has 0 radical (unpaired) electrons. The Hall–Kier alpha value is -3.35. The molecule has 0 amide bonds. The number of carbonyl (C=O) groups is 1. The monoisotopic (exact) mass is 480 g/mol. The van der Waals surface area contributed by atoms with Crippen LogP contribution in [0, 0.1) is 25.7 Å². The van der Waals surface area contributed by atoms with Crippen molar-refractivity contribution in [1.29, 1.82) is 0 Å². The maximum absolute atomic E-state index is 11.0. The fourth-order valence-electron chi connectivity index (χ4n) is 5.23. The molecule has 1 heterocycles. The van der Waals surface area contributed by atoms with Crippen molar-refractivity contribution >= 4 is 5.97 Å². The molecule has 36 heavy (non-hydrogen) atoms. The number of aryl methyl sites for hydroxylation is 2. The summed E-state index contributed by atoms with van der Waals surface area (Å²) in [5.41, 5.74) is 8.94. The van der Waals surface area contributed by atoms with Gasteiger partial charge in [-0.05, 0) is 78.1 Å². The first kappa shape index (κ1) is 25.7. The van der Waals surface area contributed by atoms with Gasteiger partial charge in [-0.25, -0.2) is 0 Å². The number of carboxylic acid groups (broad SMARTS) is 1. The fourth-order valence-corrected chi connectivity index (χ4v) is 5.23. The molecule has 1 atom stereocenters. The topological polar surface area (TPSA) is 49.8 Å². The van der Waals surface area contributed by atoms with Crippen LogP contribution in [0.5, 0.6) is 0 Å². The third kappa shape index (κ3) is 5.11. The number of hydrogen-bond acceptors (Lipinski definition) is 2. The van der Waals surface area contributed by atoms with Crippen molar-refractivity contribution in [2.45, 2.75) is 71.3 Å². The third-order valence-corrected chi connectivity index (χ3v) is 7.87. The van der Waals surface area contributed by atoms with Crippen molar-refractivity contribution in [2.24, 2.45) is 0 Å². The van der Waals surface area contributed by atoms with Crippen LogP contribution in [-0.4, -0.2) is 23.3 Å². The molecule has 0 saturated carbocycles. The maximum Gasteiger partial charge on any atom is 0.307 e. The van der Waals surface area contributed by atoms with Gasteiger partial charge in [-0.15, -0.1) is 0 Å². The van der Waals surface area contributed by atoms with Crippen molar-refractivity contribution in [1.82, 2.24) is 0 Å². The van der Waals surface area contributed by atoms with Gasteiger partial charge in [0.05, 0.1) is 13.0 Å². The van der Waals surface area contributed by atoms with Crippen LogP contribution in [0.4, 0.5) is 0 Å². The van der Waals surface area contributed by atoms with E-state index in [0.717, 1.165) is 42.6 Å². The van der Waals surface area contributed by atoms with Crippen molar-refractivity contribution in [2.75, 3.05) is 6.61 Å². The second-order valence-corrected chi connectivity index (χ2v) is 10.0. The molecule has 1 saturated heterocycles. The number of rotatable bonds is 8. The molecule has 186 valence electrons. The molecule has 0 bridgehead atoms. The first-order valence-corrected chi connectivity index (χ1v) is 13.0. The molecule has 4 rings (SSSR count). The lowest BCUT2D eigenvalue weighted by molar-refractivity contribution is -0.136. The highest BCUT2D eigenvalue weighted by Crippen LogP contribution is 2.41. The zero-order valence-corrected chi connectivity index (χ0v) is 22.1. The van der Waals surface area contributed by atoms with E-state index >= 15 is 0 Å². The van der Waals surface area contributed by atoms with Gasteiger partial charge in [0, 0.05) is 11.0 Å². The lowest BCUT2D eigenvalue weighted by Crippen LogP contribution is -2.26. The van der Waals surface area contributed by atoms with Crippen LogP contribution in [-0.2, 0) is 21.4 Å². The molecule has 0 spiro atoms. The zero-order valence-electron chi connectivity index (χ0n) is 22.1. The van der Waals surface area contributed by atoms with Gasteiger partial charge in [-0.1, -0.05) is 87.2 Å². The van der Waals surface area contributed by atoms with Gasteiger partial charge in [-0.3, -0.25) is 4.79 Å². The molecule has 3 aromatic carbocycles. The highest BCUT2D eigenvalue weighted by molar-refractivity contribution is 5.72. The van der Waals surface area contributed by atoms with Gasteiger partial charge < -0.3 is 9.84 Å². The average Bonchev–Trinajstić information content (AvgIpc) is 3.65. The molecular formula is C33H36O3. The standard InChI is InChI=1S/C33H36O3/c1-6-32(22-36-32)18-17-26-13-14-28(19-23(26)4)33(7-2,8-3)29-15-16-30(24(5)20-29)27-11-9-25(10-12-27)21-31(34)35/h9-16,19-20H,6-8,21-22H2,1-5H3,(H,34,35). The van der Waals surface area contributed by atoms with E-state index in [1.54, 1.807) is 0 Å². The zero-order chi connectivity index (χ0) is 25.9. The first-order chi connectivity index (χ1) is 17.3. The molecule has 3 nitrogen and oxygen atoms in total. The molecule has 0 aromatic heterocycles. The Morgan fingerprint density at radius 2 is 1.56 bits per heavy atom. The van der Waals surface area contributed by atoms with Gasteiger partial charge in [0.25, 0.3) is 0 Å². The smallest absolute Gasteiger partial charge is 0.307 e. The second-order valence-electron chi connectivity index (χ2n) is 10.0. The Morgan fingerprint density at radius 1 is 0.944 bits per heavy atom. The summed E-state index contributed by atoms with van der Waals surface area (Å²) in [6.45, 7) is 11.7. The Labute approximate surface area is 215 Å². The summed E-state index contributed by atoms with van der Waals surface area (Å²) >= 11 is 0. The van der Waals surface area contributed by atoms with E-state index in [9.17, 15) is 4.79 Å². The van der Waals surface area contributed by atoms with Crippen LogP contribution in [0.15, 0.2) is 60.7 Å². The van der Waals surface area contributed by atoms with Crippen molar-refractivity contribution < 1.29 is 14.6 Å². The first-order valence-electron chi connectivity index (χ1n) is 13.0. The summed E-state index contributed by atoms with van der Waals surface area (Å²) in [6, 6.07) is 21.4. The van der Waals surface area contributed by atoms with Crippen molar-refractivity contribution in [3.05, 3.63) is 94.0 Å². The van der Waals surface area contributed by atoms with Crippen molar-refractivity contribution in [3.63, 3.8) is 0 Å². The summed E-state index contributed by atoms with van der Waals surface area (Å²) in [5.74, 6) is 5.89. The van der Waals surface area contributed by atoms with E-state index in [4.69, 9.17) is 9.84 Å². The van der Waals surface area contributed by atoms with Crippen LogP contribution < -0.4 is 0 Å². The van der Waals surface area contributed by atoms with Crippen LogP contribution in [0.25, 0.3) is 11.1 Å². The minimum Gasteiger partial charge on any atom is -0.481 e. The van der Waals surface area contributed by atoms with E-state index in [1.807, 2.05) is 24.3 Å². The maximum atomic E-state index is 11.0. The molecule has 1 aliphatic heterocycles. The molecule has 3 heteroatoms. The lowest BCUT2D eigenvalue weighted by atomic mass is 9.69. The normalized spacial score (nSPS) is 16.8. The van der Waals surface area contributed by atoms with Crippen LogP contribution in [0.2, 0.25) is 0 Å². The molecule has 1 unspecified atom stereocenters. The fraction of sp³-hybridized carbons (Fsp3) is 0.364. The molecule has 1 aliphatic rings. The molecule has 1 N–H and O–H groups in total. The summed E-state index contributed by atoms with van der Waals surface area (Å²) in [6.07, 6.45) is 2.98. The van der Waals surface area contributed by atoms with E-state index in [0.29, 0.717) is 0 Å². The molecular weight excluding hydrogens is 444 g/mol. The van der Waals surface area contributed by atoms with Gasteiger partial charge in [-0.2, -0.15) is 0 Å². The summed E-state index contributed by atoms with van der Waals surface area (Å²) < 4.78 is 5.55. The van der Waals surface area contributed by atoms with Gasteiger partial charge in [0.2, 0.25) is 0 Å². The number of epoxide rings is 1. The number of carboxylic acids is 1. The highest BCUT2D eigenvalue weighted by atomic mass is 16.6. The Bertz CT molecular complexity index is 1310. The van der Waals surface area contributed by atoms with E-state index in [1.165, 1.54) is 27.8 Å². The molecule has 3 aromatic rings. The summed E-state index contributed by atoms with van der Waals surface area (Å²) in [4.78, 5) is 11.0. The van der Waals surface area contributed by atoms with Gasteiger partial charge >= 0.3 is 5.97 Å². The SMILES string of the molecule is CCC1(C#Cc2ccc(C(CC)(CC)c3ccc(-c4ccc(CC(=O)O)cc4)c(C)c3)cc2C)CO1. The highest BCUT2D eigenvalue weighted by Gasteiger charge is 2.41. The third-order valence-electron chi connectivity index (χ3n) is 7.87. The van der Waals surface area contributed by atoms with Crippen LogP contribution >= 0.6 is 0 Å². The Kier molecular flexibility index (Phi) is 7.38. The summed E-state index contributed by atoms with van der Waals surface area (Å²) in [7, 11) is 0. The number of hydrogen-bond donors (Lipinski definition) is 1. The second kappa shape index (κ2) is 10.3. The van der Waals surface area contributed by atoms with E-state index in [2.05, 4.69) is 82.9 Å². The minimum atomic E-state index is -0.809. The minimum absolute atomic E-state index is 0.0464. The Balaban J connectivity index is 1.66. The van der Waals surface area contributed by atoms with E-state index < -0.39 is 5.97 Å². The Morgan fingerprint density at radius 3 is 2.06 bits per heavy atom. The van der Waals surface area contributed by atoms with Crippen LogP contribution in [0.1, 0.15) is 73.4 Å². The average molecular weight is 481 g/mol. The molecule has 0 aliphatic carbocycles. The largest absolute Gasteiger partial charge is 0.481 e. The quantitative estimate of drug-likeness (QED) is 0.273. The van der Waals surface area contributed by atoms with E-state index in [-0.39, 0.29) is 17.4 Å². The predicted molar refractivity (Wildman–Crippen MR) is 146 cm³/mol. The predicted octanol–water partition coefficient (Wildman–Crippen LogP) is 7.23. The number of aliphatic carboxylic acids is 1. The lowest BCUT2D eigenvalue weighted by Gasteiger charge is -2.34. The van der Waals surface area contributed by atoms with Crippen molar-refractivity contribution in [3.8, 4) is 23.0 Å².